The number of nitrogens with one attached hydrogen (secondary N) is 1. The van der Waals surface area contributed by atoms with Gasteiger partial charge in [0.05, 0.1) is 17.6 Å². The van der Waals surface area contributed by atoms with Gasteiger partial charge in [0.15, 0.2) is 0 Å². The molecule has 3 aromatic rings. The first-order valence-electron chi connectivity index (χ1n) is 8.03. The van der Waals surface area contributed by atoms with Crippen LogP contribution in [0.3, 0.4) is 0 Å². The van der Waals surface area contributed by atoms with Crippen LogP contribution in [0.4, 0.5) is 5.69 Å². The Balaban J connectivity index is 1.65. The highest BCUT2D eigenvalue weighted by molar-refractivity contribution is 9.11. The normalized spacial score (nSPS) is 10.8. The number of hydrogen-bond acceptors (Lipinski definition) is 5. The number of carbonyl (C=O) groups excluding carboxylic acids is 1. The second-order valence-corrected chi connectivity index (χ2v) is 7.61. The Hall–Kier alpha value is -2.29. The highest BCUT2D eigenvalue weighted by atomic mass is 79.9. The predicted octanol–water partition coefficient (Wildman–Crippen LogP) is 4.09. The molecule has 0 bridgehead atoms. The molecule has 0 saturated heterocycles. The summed E-state index contributed by atoms with van der Waals surface area (Å²) in [5.74, 6) is 5.22. The van der Waals surface area contributed by atoms with E-state index in [-0.39, 0.29) is 35.0 Å². The number of halogens is 2. The average Bonchev–Trinajstić information content (AvgIpc) is 2.68. The SMILES string of the molecule is NN(Cc1cc(Br)c(O)c(Br)c1O)C(=O)CNc1ccc2ccccc2c1. The Morgan fingerprint density at radius 3 is 2.48 bits per heavy atom. The van der Waals surface area contributed by atoms with Gasteiger partial charge in [-0.3, -0.25) is 9.80 Å². The zero-order chi connectivity index (χ0) is 19.6. The number of nitrogens with zero attached hydrogens (tertiary/aromatic N) is 1. The van der Waals surface area contributed by atoms with Crippen LogP contribution in [0.25, 0.3) is 10.8 Å². The molecule has 5 N–H and O–H groups in total. The maximum Gasteiger partial charge on any atom is 0.256 e. The molecule has 27 heavy (non-hydrogen) atoms. The van der Waals surface area contributed by atoms with Gasteiger partial charge in [0.1, 0.15) is 16.0 Å². The summed E-state index contributed by atoms with van der Waals surface area (Å²) < 4.78 is 0.527. The summed E-state index contributed by atoms with van der Waals surface area (Å²) in [7, 11) is 0. The lowest BCUT2D eigenvalue weighted by molar-refractivity contribution is -0.130. The van der Waals surface area contributed by atoms with Crippen molar-refractivity contribution in [3.05, 3.63) is 63.0 Å². The Morgan fingerprint density at radius 2 is 1.74 bits per heavy atom. The number of carbonyl (C=O) groups is 1. The fourth-order valence-electron chi connectivity index (χ4n) is 2.62. The molecule has 0 atom stereocenters. The highest BCUT2D eigenvalue weighted by Crippen LogP contribution is 2.41. The third kappa shape index (κ3) is 4.35. The molecule has 0 fully saturated rings. The van der Waals surface area contributed by atoms with Crippen LogP contribution >= 0.6 is 31.9 Å². The minimum absolute atomic E-state index is 0.00995. The van der Waals surface area contributed by atoms with Gasteiger partial charge in [-0.2, -0.15) is 0 Å². The summed E-state index contributed by atoms with van der Waals surface area (Å²) in [4.78, 5) is 12.3. The van der Waals surface area contributed by atoms with Crippen LogP contribution in [0, 0.1) is 0 Å². The second kappa shape index (κ2) is 8.16. The van der Waals surface area contributed by atoms with Crippen LogP contribution in [0.2, 0.25) is 0 Å². The summed E-state index contributed by atoms with van der Waals surface area (Å²) in [5.41, 5.74) is 1.21. The quantitative estimate of drug-likeness (QED) is 0.243. The van der Waals surface area contributed by atoms with Crippen LogP contribution in [-0.4, -0.2) is 27.7 Å². The average molecular weight is 495 g/mol. The minimum atomic E-state index is -0.345. The number of hydrazine groups is 1. The van der Waals surface area contributed by atoms with Gasteiger partial charge in [0.25, 0.3) is 5.91 Å². The van der Waals surface area contributed by atoms with E-state index in [0.29, 0.717) is 10.0 Å². The smallest absolute Gasteiger partial charge is 0.256 e. The first-order valence-corrected chi connectivity index (χ1v) is 9.62. The Kier molecular flexibility index (Phi) is 5.88. The summed E-state index contributed by atoms with van der Waals surface area (Å²) in [6.07, 6.45) is 0. The summed E-state index contributed by atoms with van der Waals surface area (Å²) in [6, 6.07) is 15.3. The van der Waals surface area contributed by atoms with E-state index in [1.54, 1.807) is 0 Å². The molecule has 0 aliphatic heterocycles. The monoisotopic (exact) mass is 493 g/mol. The molecule has 8 heteroatoms. The van der Waals surface area contributed by atoms with E-state index >= 15 is 0 Å². The van der Waals surface area contributed by atoms with Gasteiger partial charge >= 0.3 is 0 Å². The van der Waals surface area contributed by atoms with Crippen molar-refractivity contribution in [1.82, 2.24) is 5.01 Å². The molecular formula is C19H17Br2N3O3. The molecule has 0 spiro atoms. The van der Waals surface area contributed by atoms with Gasteiger partial charge in [-0.05, 0) is 60.8 Å². The molecule has 0 aromatic heterocycles. The summed E-state index contributed by atoms with van der Waals surface area (Å²) in [6.45, 7) is -0.00241. The number of phenols is 2. The lowest BCUT2D eigenvalue weighted by Gasteiger charge is -2.19. The zero-order valence-electron chi connectivity index (χ0n) is 14.1. The van der Waals surface area contributed by atoms with Crippen molar-refractivity contribution in [2.24, 2.45) is 5.84 Å². The number of benzene rings is 3. The first kappa shape index (κ1) is 19.5. The lowest BCUT2D eigenvalue weighted by Crippen LogP contribution is -2.40. The van der Waals surface area contributed by atoms with E-state index in [1.807, 2.05) is 42.5 Å². The Bertz CT molecular complexity index is 1010. The van der Waals surface area contributed by atoms with Crippen LogP contribution in [0.5, 0.6) is 11.5 Å². The molecule has 1 amide bonds. The van der Waals surface area contributed by atoms with E-state index in [0.717, 1.165) is 21.5 Å². The largest absolute Gasteiger partial charge is 0.506 e. The number of amides is 1. The number of anilines is 1. The predicted molar refractivity (Wildman–Crippen MR) is 112 cm³/mol. The zero-order valence-corrected chi connectivity index (χ0v) is 17.3. The van der Waals surface area contributed by atoms with Crippen LogP contribution in [0.1, 0.15) is 5.56 Å². The molecule has 140 valence electrons. The van der Waals surface area contributed by atoms with E-state index in [1.165, 1.54) is 6.07 Å². The highest BCUT2D eigenvalue weighted by Gasteiger charge is 2.17. The van der Waals surface area contributed by atoms with E-state index in [2.05, 4.69) is 37.2 Å². The molecule has 0 aliphatic carbocycles. The third-order valence-electron chi connectivity index (χ3n) is 4.10. The van der Waals surface area contributed by atoms with Crippen molar-refractivity contribution in [2.45, 2.75) is 6.54 Å². The van der Waals surface area contributed by atoms with E-state index in [9.17, 15) is 15.0 Å². The topological polar surface area (TPSA) is 98.8 Å². The lowest BCUT2D eigenvalue weighted by atomic mass is 10.1. The van der Waals surface area contributed by atoms with Crippen molar-refractivity contribution in [1.29, 1.82) is 0 Å². The third-order valence-corrected chi connectivity index (χ3v) is 5.46. The van der Waals surface area contributed by atoms with Gasteiger partial charge in [0.2, 0.25) is 0 Å². The summed E-state index contributed by atoms with van der Waals surface area (Å²) >= 11 is 6.29. The second-order valence-electron chi connectivity index (χ2n) is 5.97. The first-order chi connectivity index (χ1) is 12.9. The number of rotatable bonds is 5. The minimum Gasteiger partial charge on any atom is -0.506 e. The van der Waals surface area contributed by atoms with Crippen molar-refractivity contribution in [3.63, 3.8) is 0 Å². The molecule has 3 rings (SSSR count). The van der Waals surface area contributed by atoms with Gasteiger partial charge in [-0.15, -0.1) is 0 Å². The van der Waals surface area contributed by atoms with Crippen LogP contribution in [0.15, 0.2) is 57.5 Å². The Labute approximate surface area is 172 Å². The fraction of sp³-hybridized carbons (Fsp3) is 0.105. The number of fused-ring (bicyclic) bond motifs is 1. The molecule has 0 aliphatic rings. The van der Waals surface area contributed by atoms with Crippen LogP contribution < -0.4 is 11.2 Å². The number of hydrogen-bond donors (Lipinski definition) is 4. The van der Waals surface area contributed by atoms with Crippen LogP contribution in [-0.2, 0) is 11.3 Å². The molecule has 6 nitrogen and oxygen atoms in total. The summed E-state index contributed by atoms with van der Waals surface area (Å²) in [5, 5.41) is 26.1. The standard InChI is InChI=1S/C19H17Br2N3O3/c20-15-8-13(18(26)17(21)19(15)27)10-24(22)16(25)9-23-14-6-5-11-3-1-2-4-12(11)7-14/h1-8,23,26-27H,9-10,22H2. The van der Waals surface area contributed by atoms with Gasteiger partial charge in [0, 0.05) is 11.3 Å². The fourth-order valence-corrected chi connectivity index (χ4v) is 3.83. The van der Waals surface area contributed by atoms with Gasteiger partial charge in [-0.1, -0.05) is 30.3 Å². The van der Waals surface area contributed by atoms with Crippen molar-refractivity contribution < 1.29 is 15.0 Å². The molecular weight excluding hydrogens is 478 g/mol. The number of phenolic OH excluding ortho intramolecular Hbond substituents is 2. The number of aromatic hydroxyl groups is 2. The molecule has 0 saturated carbocycles. The van der Waals surface area contributed by atoms with E-state index < -0.39 is 0 Å². The van der Waals surface area contributed by atoms with Gasteiger partial charge < -0.3 is 15.5 Å². The van der Waals surface area contributed by atoms with Crippen molar-refractivity contribution >= 4 is 54.2 Å². The maximum atomic E-state index is 12.3. The van der Waals surface area contributed by atoms with Gasteiger partial charge in [-0.25, -0.2) is 5.84 Å². The molecule has 0 heterocycles. The van der Waals surface area contributed by atoms with Crippen molar-refractivity contribution in [2.75, 3.05) is 11.9 Å². The number of nitrogens with two attached hydrogens (primary N) is 1. The molecule has 3 aromatic carbocycles. The molecule has 0 radical (unpaired) electrons. The van der Waals surface area contributed by atoms with Crippen molar-refractivity contribution in [3.8, 4) is 11.5 Å². The maximum absolute atomic E-state index is 12.3. The molecule has 0 unspecified atom stereocenters. The Morgan fingerprint density at radius 1 is 1.04 bits per heavy atom. The van der Waals surface area contributed by atoms with E-state index in [4.69, 9.17) is 5.84 Å².